The van der Waals surface area contributed by atoms with Crippen LogP contribution in [0.5, 0.6) is 0 Å². The maximum Gasteiger partial charge on any atom is 0.314 e. The summed E-state index contributed by atoms with van der Waals surface area (Å²) in [5.41, 5.74) is -1.36. The molecule has 0 fully saturated rings. The first-order valence-corrected chi connectivity index (χ1v) is 5.99. The van der Waals surface area contributed by atoms with E-state index >= 15 is 0 Å². The van der Waals surface area contributed by atoms with Crippen molar-refractivity contribution in [2.45, 2.75) is 26.9 Å². The zero-order valence-electron chi connectivity index (χ0n) is 10.5. The molecular formula is C13H16ClFO3. The Bertz CT molecular complexity index is 426. The highest BCUT2D eigenvalue weighted by Crippen LogP contribution is 2.38. The van der Waals surface area contributed by atoms with Crippen LogP contribution in [0.4, 0.5) is 4.39 Å². The molecule has 1 rings (SSSR count). The number of carbonyl (C=O) groups is 1. The zero-order chi connectivity index (χ0) is 13.9. The number of aliphatic hydroxyl groups excluding tert-OH is 1. The van der Waals surface area contributed by atoms with Gasteiger partial charge in [-0.25, -0.2) is 4.39 Å². The molecule has 1 aromatic carbocycles. The molecule has 0 amide bonds. The first-order chi connectivity index (χ1) is 8.32. The average molecular weight is 275 g/mol. The molecule has 18 heavy (non-hydrogen) atoms. The number of hydrogen-bond acceptors (Lipinski definition) is 3. The van der Waals surface area contributed by atoms with Gasteiger partial charge in [-0.3, -0.25) is 4.79 Å². The molecule has 0 aliphatic carbocycles. The van der Waals surface area contributed by atoms with Crippen molar-refractivity contribution in [2.24, 2.45) is 5.41 Å². The Balaban J connectivity index is 3.13. The van der Waals surface area contributed by atoms with Gasteiger partial charge in [-0.05, 0) is 32.9 Å². The molecule has 0 radical (unpaired) electrons. The lowest BCUT2D eigenvalue weighted by Gasteiger charge is -2.29. The van der Waals surface area contributed by atoms with Crippen LogP contribution in [0.3, 0.4) is 0 Å². The van der Waals surface area contributed by atoms with Crippen molar-refractivity contribution >= 4 is 17.6 Å². The Morgan fingerprint density at radius 1 is 1.56 bits per heavy atom. The highest BCUT2D eigenvalue weighted by Gasteiger charge is 2.40. The third-order valence-electron chi connectivity index (χ3n) is 2.76. The first-order valence-electron chi connectivity index (χ1n) is 5.61. The van der Waals surface area contributed by atoms with Crippen LogP contribution in [0.15, 0.2) is 18.2 Å². The minimum Gasteiger partial charge on any atom is -0.465 e. The molecule has 0 saturated carbocycles. The summed E-state index contributed by atoms with van der Waals surface area (Å²) < 4.78 is 18.5. The monoisotopic (exact) mass is 274 g/mol. The molecule has 5 heteroatoms. The minimum atomic E-state index is -1.37. The van der Waals surface area contributed by atoms with Crippen LogP contribution in [0.2, 0.25) is 5.02 Å². The molecule has 0 heterocycles. The summed E-state index contributed by atoms with van der Waals surface area (Å²) in [5.74, 6) is -1.25. The van der Waals surface area contributed by atoms with Crippen molar-refractivity contribution < 1.29 is 19.0 Å². The van der Waals surface area contributed by atoms with Crippen LogP contribution in [0, 0.1) is 11.2 Å². The van der Waals surface area contributed by atoms with Gasteiger partial charge in [0, 0.05) is 10.6 Å². The molecule has 0 spiro atoms. The molecule has 0 bridgehead atoms. The number of ether oxygens (including phenoxy) is 1. The summed E-state index contributed by atoms with van der Waals surface area (Å²) in [6, 6.07) is 4.08. The predicted octanol–water partition coefficient (Wildman–Crippen LogP) is 3.10. The van der Waals surface area contributed by atoms with Gasteiger partial charge < -0.3 is 9.84 Å². The van der Waals surface area contributed by atoms with Crippen LogP contribution < -0.4 is 0 Å². The van der Waals surface area contributed by atoms with Gasteiger partial charge in [0.1, 0.15) is 5.82 Å². The topological polar surface area (TPSA) is 46.5 Å². The first kappa shape index (κ1) is 14.9. The zero-order valence-corrected chi connectivity index (χ0v) is 11.3. The maximum absolute atomic E-state index is 13.7. The summed E-state index contributed by atoms with van der Waals surface area (Å²) in [5, 5.41) is 10.3. The van der Waals surface area contributed by atoms with E-state index in [4.69, 9.17) is 16.3 Å². The van der Waals surface area contributed by atoms with Crippen LogP contribution >= 0.6 is 11.6 Å². The van der Waals surface area contributed by atoms with Crippen LogP contribution in [-0.2, 0) is 9.53 Å². The Morgan fingerprint density at radius 2 is 2.17 bits per heavy atom. The van der Waals surface area contributed by atoms with Crippen molar-refractivity contribution in [1.29, 1.82) is 0 Å². The molecule has 1 N–H and O–H groups in total. The molecule has 1 atom stereocenters. The summed E-state index contributed by atoms with van der Waals surface area (Å²) in [7, 11) is 0. The Kier molecular flexibility index (Phi) is 4.71. The smallest absolute Gasteiger partial charge is 0.314 e. The van der Waals surface area contributed by atoms with E-state index in [1.165, 1.54) is 32.0 Å². The van der Waals surface area contributed by atoms with Gasteiger partial charge in [-0.15, -0.1) is 0 Å². The van der Waals surface area contributed by atoms with Crippen LogP contribution in [-0.4, -0.2) is 17.7 Å². The van der Waals surface area contributed by atoms with E-state index in [9.17, 15) is 14.3 Å². The van der Waals surface area contributed by atoms with Gasteiger partial charge >= 0.3 is 5.97 Å². The van der Waals surface area contributed by atoms with E-state index in [0.29, 0.717) is 0 Å². The molecular weight excluding hydrogens is 259 g/mol. The molecule has 100 valence electrons. The van der Waals surface area contributed by atoms with E-state index in [-0.39, 0.29) is 17.2 Å². The van der Waals surface area contributed by atoms with E-state index in [0.717, 1.165) is 0 Å². The summed E-state index contributed by atoms with van der Waals surface area (Å²) in [6.07, 6.45) is -1.37. The normalized spacial score (nSPS) is 13.2. The number of esters is 1. The lowest BCUT2D eigenvalue weighted by Crippen LogP contribution is -2.34. The minimum absolute atomic E-state index is 0.0832. The Labute approximate surface area is 111 Å². The Morgan fingerprint density at radius 3 is 2.67 bits per heavy atom. The maximum atomic E-state index is 13.7. The molecule has 0 saturated heterocycles. The highest BCUT2D eigenvalue weighted by molar-refractivity contribution is 6.31. The van der Waals surface area contributed by atoms with E-state index in [1.54, 1.807) is 6.92 Å². The molecule has 1 unspecified atom stereocenters. The summed E-state index contributed by atoms with van der Waals surface area (Å²) in [6.45, 7) is 4.83. The van der Waals surface area contributed by atoms with Crippen molar-refractivity contribution in [3.8, 4) is 0 Å². The average Bonchev–Trinajstić information content (AvgIpc) is 2.28. The van der Waals surface area contributed by atoms with Gasteiger partial charge in [0.2, 0.25) is 0 Å². The SMILES string of the molecule is CCOC(=O)C(C)(C)C(O)c1c(F)cccc1Cl. The van der Waals surface area contributed by atoms with E-state index in [2.05, 4.69) is 0 Å². The third-order valence-corrected chi connectivity index (χ3v) is 3.09. The second-order valence-corrected chi connectivity index (χ2v) is 4.89. The molecule has 0 aromatic heterocycles. The fourth-order valence-electron chi connectivity index (χ4n) is 1.56. The highest BCUT2D eigenvalue weighted by atomic mass is 35.5. The van der Waals surface area contributed by atoms with Crippen molar-refractivity contribution in [3.05, 3.63) is 34.6 Å². The van der Waals surface area contributed by atoms with Gasteiger partial charge in [0.05, 0.1) is 18.1 Å². The number of halogens is 2. The summed E-state index contributed by atoms with van der Waals surface area (Å²) >= 11 is 5.86. The predicted molar refractivity (Wildman–Crippen MR) is 66.8 cm³/mol. The van der Waals surface area contributed by atoms with Gasteiger partial charge in [0.25, 0.3) is 0 Å². The number of benzene rings is 1. The second kappa shape index (κ2) is 5.67. The van der Waals surface area contributed by atoms with Crippen molar-refractivity contribution in [3.63, 3.8) is 0 Å². The fourth-order valence-corrected chi connectivity index (χ4v) is 1.83. The molecule has 0 aliphatic heterocycles. The van der Waals surface area contributed by atoms with E-state index in [1.807, 2.05) is 0 Å². The van der Waals surface area contributed by atoms with Gasteiger partial charge in [0.15, 0.2) is 0 Å². The fraction of sp³-hybridized carbons (Fsp3) is 0.462. The van der Waals surface area contributed by atoms with Crippen molar-refractivity contribution in [1.82, 2.24) is 0 Å². The van der Waals surface area contributed by atoms with Crippen molar-refractivity contribution in [2.75, 3.05) is 6.61 Å². The standard InChI is InChI=1S/C13H16ClFO3/c1-4-18-12(17)13(2,3)11(16)10-8(14)6-5-7-9(10)15/h5-7,11,16H,4H2,1-3H3. The van der Waals surface area contributed by atoms with E-state index < -0.39 is 23.3 Å². The van der Waals surface area contributed by atoms with Crippen LogP contribution in [0.1, 0.15) is 32.4 Å². The number of aliphatic hydroxyl groups is 1. The lowest BCUT2D eigenvalue weighted by atomic mass is 9.82. The van der Waals surface area contributed by atoms with Gasteiger partial charge in [-0.2, -0.15) is 0 Å². The quantitative estimate of drug-likeness (QED) is 0.858. The van der Waals surface area contributed by atoms with Crippen LogP contribution in [0.25, 0.3) is 0 Å². The molecule has 0 aliphatic rings. The summed E-state index contributed by atoms with van der Waals surface area (Å²) in [4.78, 5) is 11.8. The third kappa shape index (κ3) is 2.82. The Hall–Kier alpha value is -1.13. The molecule has 1 aromatic rings. The molecule has 3 nitrogen and oxygen atoms in total. The second-order valence-electron chi connectivity index (χ2n) is 4.48. The number of hydrogen-bond donors (Lipinski definition) is 1. The largest absolute Gasteiger partial charge is 0.465 e. The number of carbonyl (C=O) groups excluding carboxylic acids is 1. The number of rotatable bonds is 4. The van der Waals surface area contributed by atoms with Gasteiger partial charge in [-0.1, -0.05) is 17.7 Å². The lowest BCUT2D eigenvalue weighted by molar-refractivity contribution is -0.160.